The van der Waals surface area contributed by atoms with Crippen LogP contribution in [0.5, 0.6) is 0 Å². The first-order chi connectivity index (χ1) is 6.12. The molecule has 1 aromatic carbocycles. The van der Waals surface area contributed by atoms with E-state index in [2.05, 4.69) is 5.32 Å². The molecule has 2 rings (SSSR count). The number of hydrogen-bond donors (Lipinski definition) is 2. The summed E-state index contributed by atoms with van der Waals surface area (Å²) in [4.78, 5) is 0. The zero-order chi connectivity index (χ0) is 9.47. The van der Waals surface area contributed by atoms with Crippen LogP contribution in [0.1, 0.15) is 5.56 Å². The molecule has 0 amide bonds. The Labute approximate surface area is 80.9 Å². The van der Waals surface area contributed by atoms with E-state index >= 15 is 0 Å². The predicted octanol–water partition coefficient (Wildman–Crippen LogP) is 1.24. The fourth-order valence-electron chi connectivity index (χ4n) is 1.40. The Morgan fingerprint density at radius 2 is 2.15 bits per heavy atom. The third kappa shape index (κ3) is 1.43. The minimum absolute atomic E-state index is 0.139. The van der Waals surface area contributed by atoms with Crippen LogP contribution in [-0.4, -0.2) is 13.1 Å². The number of rotatable bonds is 1. The summed E-state index contributed by atoms with van der Waals surface area (Å²) in [7, 11) is 0. The summed E-state index contributed by atoms with van der Waals surface area (Å²) < 4.78 is 13.1. The van der Waals surface area contributed by atoms with Crippen LogP contribution in [0.25, 0.3) is 0 Å². The molecule has 1 saturated heterocycles. The van der Waals surface area contributed by atoms with Crippen molar-refractivity contribution in [3.05, 3.63) is 34.6 Å². The van der Waals surface area contributed by atoms with Crippen LogP contribution >= 0.6 is 11.6 Å². The lowest BCUT2D eigenvalue weighted by atomic mass is 9.85. The van der Waals surface area contributed by atoms with Crippen LogP contribution in [0, 0.1) is 5.82 Å². The molecule has 0 saturated carbocycles. The SMILES string of the molecule is NC1(c2ccc(Cl)c(F)c2)CNC1. The van der Waals surface area contributed by atoms with Crippen LogP contribution in [0.4, 0.5) is 4.39 Å². The lowest BCUT2D eigenvalue weighted by Gasteiger charge is -2.39. The maximum atomic E-state index is 13.1. The molecule has 13 heavy (non-hydrogen) atoms. The van der Waals surface area contributed by atoms with Crippen molar-refractivity contribution in [3.63, 3.8) is 0 Å². The third-order valence-corrected chi connectivity index (χ3v) is 2.68. The molecule has 3 N–H and O–H groups in total. The molecule has 1 heterocycles. The molecular weight excluding hydrogens is 191 g/mol. The van der Waals surface area contributed by atoms with Crippen molar-refractivity contribution in [2.45, 2.75) is 5.54 Å². The van der Waals surface area contributed by atoms with E-state index in [1.807, 2.05) is 0 Å². The molecule has 1 fully saturated rings. The van der Waals surface area contributed by atoms with E-state index in [1.165, 1.54) is 6.07 Å². The van der Waals surface area contributed by atoms with Gasteiger partial charge in [-0.3, -0.25) is 0 Å². The second-order valence-electron chi connectivity index (χ2n) is 3.39. The van der Waals surface area contributed by atoms with Crippen molar-refractivity contribution < 1.29 is 4.39 Å². The Morgan fingerprint density at radius 3 is 2.62 bits per heavy atom. The maximum absolute atomic E-state index is 13.1. The van der Waals surface area contributed by atoms with Crippen LogP contribution in [0.3, 0.4) is 0 Å². The number of nitrogens with two attached hydrogens (primary N) is 1. The van der Waals surface area contributed by atoms with E-state index in [9.17, 15) is 4.39 Å². The smallest absolute Gasteiger partial charge is 0.142 e. The highest BCUT2D eigenvalue weighted by molar-refractivity contribution is 6.30. The molecule has 0 spiro atoms. The molecular formula is C9H10ClFN2. The summed E-state index contributed by atoms with van der Waals surface area (Å²) in [5.74, 6) is -0.407. The van der Waals surface area contributed by atoms with Crippen LogP contribution in [0.2, 0.25) is 5.02 Å². The lowest BCUT2D eigenvalue weighted by molar-refractivity contribution is 0.286. The highest BCUT2D eigenvalue weighted by Crippen LogP contribution is 2.25. The number of halogens is 2. The number of benzene rings is 1. The lowest BCUT2D eigenvalue weighted by Crippen LogP contribution is -2.62. The summed E-state index contributed by atoms with van der Waals surface area (Å²) in [5.41, 5.74) is 6.36. The minimum Gasteiger partial charge on any atom is -0.319 e. The van der Waals surface area contributed by atoms with E-state index in [0.717, 1.165) is 5.56 Å². The standard InChI is InChI=1S/C9H10ClFN2/c10-7-2-1-6(3-8(7)11)9(12)4-13-5-9/h1-3,13H,4-5,12H2. The van der Waals surface area contributed by atoms with Gasteiger partial charge in [0, 0.05) is 13.1 Å². The van der Waals surface area contributed by atoms with E-state index in [1.54, 1.807) is 12.1 Å². The summed E-state index contributed by atoms with van der Waals surface area (Å²) in [6, 6.07) is 4.72. The Hall–Kier alpha value is -0.640. The quantitative estimate of drug-likeness (QED) is 0.716. The highest BCUT2D eigenvalue weighted by atomic mass is 35.5. The van der Waals surface area contributed by atoms with Gasteiger partial charge in [-0.05, 0) is 17.7 Å². The Morgan fingerprint density at radius 1 is 1.46 bits per heavy atom. The first-order valence-electron chi connectivity index (χ1n) is 4.07. The first kappa shape index (κ1) is 8.94. The van der Waals surface area contributed by atoms with Crippen molar-refractivity contribution in [2.75, 3.05) is 13.1 Å². The van der Waals surface area contributed by atoms with Gasteiger partial charge >= 0.3 is 0 Å². The normalized spacial score (nSPS) is 19.6. The van der Waals surface area contributed by atoms with Gasteiger partial charge in [-0.25, -0.2) is 4.39 Å². The zero-order valence-corrected chi connectivity index (χ0v) is 7.74. The van der Waals surface area contributed by atoms with Gasteiger partial charge in [-0.15, -0.1) is 0 Å². The topological polar surface area (TPSA) is 38.0 Å². The number of hydrogen-bond acceptors (Lipinski definition) is 2. The Balaban J connectivity index is 2.36. The fraction of sp³-hybridized carbons (Fsp3) is 0.333. The molecule has 2 nitrogen and oxygen atoms in total. The second-order valence-corrected chi connectivity index (χ2v) is 3.80. The Bertz CT molecular complexity index is 336. The van der Waals surface area contributed by atoms with Crippen molar-refractivity contribution >= 4 is 11.6 Å². The molecule has 0 aromatic heterocycles. The minimum atomic E-state index is -0.411. The van der Waals surface area contributed by atoms with Crippen molar-refractivity contribution in [3.8, 4) is 0 Å². The second kappa shape index (κ2) is 2.94. The molecule has 4 heteroatoms. The van der Waals surface area contributed by atoms with Gasteiger partial charge in [-0.1, -0.05) is 17.7 Å². The van der Waals surface area contributed by atoms with Crippen LogP contribution < -0.4 is 11.1 Å². The molecule has 0 bridgehead atoms. The first-order valence-corrected chi connectivity index (χ1v) is 4.45. The summed E-state index contributed by atoms with van der Waals surface area (Å²) in [6.45, 7) is 1.38. The van der Waals surface area contributed by atoms with Gasteiger partial charge in [0.1, 0.15) is 5.82 Å². The van der Waals surface area contributed by atoms with E-state index in [4.69, 9.17) is 17.3 Å². The Kier molecular flexibility index (Phi) is 2.02. The van der Waals surface area contributed by atoms with Gasteiger partial charge in [0.05, 0.1) is 10.6 Å². The van der Waals surface area contributed by atoms with Gasteiger partial charge in [-0.2, -0.15) is 0 Å². The van der Waals surface area contributed by atoms with E-state index < -0.39 is 11.4 Å². The number of nitrogens with one attached hydrogen (secondary N) is 1. The molecule has 0 aliphatic carbocycles. The third-order valence-electron chi connectivity index (χ3n) is 2.38. The van der Waals surface area contributed by atoms with Gasteiger partial charge in [0.15, 0.2) is 0 Å². The molecule has 1 aliphatic rings. The summed E-state index contributed by atoms with van der Waals surface area (Å²) in [5, 5.41) is 3.19. The largest absolute Gasteiger partial charge is 0.319 e. The molecule has 0 atom stereocenters. The predicted molar refractivity (Wildman–Crippen MR) is 50.1 cm³/mol. The van der Waals surface area contributed by atoms with Crippen molar-refractivity contribution in [1.29, 1.82) is 0 Å². The fourth-order valence-corrected chi connectivity index (χ4v) is 1.52. The molecule has 1 aromatic rings. The average Bonchev–Trinajstić information content (AvgIpc) is 2.06. The molecule has 0 unspecified atom stereocenters. The average molecular weight is 201 g/mol. The van der Waals surface area contributed by atoms with E-state index in [0.29, 0.717) is 13.1 Å². The monoisotopic (exact) mass is 200 g/mol. The summed E-state index contributed by atoms with van der Waals surface area (Å²) >= 11 is 5.56. The van der Waals surface area contributed by atoms with Crippen molar-refractivity contribution in [2.24, 2.45) is 5.73 Å². The van der Waals surface area contributed by atoms with E-state index in [-0.39, 0.29) is 5.02 Å². The zero-order valence-electron chi connectivity index (χ0n) is 6.98. The summed E-state index contributed by atoms with van der Waals surface area (Å²) in [6.07, 6.45) is 0. The van der Waals surface area contributed by atoms with Gasteiger partial charge in [0.25, 0.3) is 0 Å². The van der Waals surface area contributed by atoms with Crippen LogP contribution in [-0.2, 0) is 5.54 Å². The van der Waals surface area contributed by atoms with Crippen molar-refractivity contribution in [1.82, 2.24) is 5.32 Å². The van der Waals surface area contributed by atoms with Crippen LogP contribution in [0.15, 0.2) is 18.2 Å². The molecule has 1 aliphatic heterocycles. The van der Waals surface area contributed by atoms with Gasteiger partial charge < -0.3 is 11.1 Å². The molecule has 0 radical (unpaired) electrons. The molecule has 70 valence electrons. The van der Waals surface area contributed by atoms with Gasteiger partial charge in [0.2, 0.25) is 0 Å². The highest BCUT2D eigenvalue weighted by Gasteiger charge is 2.34. The maximum Gasteiger partial charge on any atom is 0.142 e.